The van der Waals surface area contributed by atoms with Crippen LogP contribution in [0.4, 0.5) is 15.0 Å². The van der Waals surface area contributed by atoms with Gasteiger partial charge in [-0.15, -0.1) is 0 Å². The van der Waals surface area contributed by atoms with Gasteiger partial charge in [0.15, 0.2) is 0 Å². The maximum atomic E-state index is 14.0. The van der Waals surface area contributed by atoms with Crippen molar-refractivity contribution in [1.29, 1.82) is 0 Å². The van der Waals surface area contributed by atoms with Crippen LogP contribution in [0.3, 0.4) is 0 Å². The first kappa shape index (κ1) is 19.3. The predicted molar refractivity (Wildman–Crippen MR) is 111 cm³/mol. The minimum absolute atomic E-state index is 0.0283. The van der Waals surface area contributed by atoms with Crippen molar-refractivity contribution in [3.05, 3.63) is 65.9 Å². The van der Waals surface area contributed by atoms with Gasteiger partial charge in [-0.25, -0.2) is 14.2 Å². The summed E-state index contributed by atoms with van der Waals surface area (Å²) in [7, 11) is 1.45. The van der Waals surface area contributed by atoms with Crippen LogP contribution in [-0.4, -0.2) is 33.3 Å². The van der Waals surface area contributed by atoms with E-state index in [0.717, 1.165) is 27.9 Å². The Labute approximate surface area is 171 Å². The van der Waals surface area contributed by atoms with Gasteiger partial charge in [0, 0.05) is 40.7 Å². The third-order valence-corrected chi connectivity index (χ3v) is 4.58. The summed E-state index contributed by atoms with van der Waals surface area (Å²) in [6.45, 7) is 1.88. The molecule has 0 bridgehead atoms. The van der Waals surface area contributed by atoms with Gasteiger partial charge < -0.3 is 10.1 Å². The number of pyridine rings is 2. The molecule has 0 unspecified atom stereocenters. The fraction of sp³-hybridized carbons (Fsp3) is 0.143. The molecule has 9 heteroatoms. The zero-order valence-corrected chi connectivity index (χ0v) is 16.4. The van der Waals surface area contributed by atoms with Crippen LogP contribution >= 0.6 is 0 Å². The molecule has 0 aliphatic heterocycles. The number of benzene rings is 1. The molecular formula is C21H19FN6O2. The van der Waals surface area contributed by atoms with Crippen molar-refractivity contribution in [2.24, 2.45) is 0 Å². The molecule has 0 fully saturated rings. The van der Waals surface area contributed by atoms with Crippen molar-refractivity contribution in [3.63, 3.8) is 0 Å². The van der Waals surface area contributed by atoms with E-state index in [1.54, 1.807) is 30.6 Å². The molecule has 3 heterocycles. The number of amides is 2. The number of H-pyrrole nitrogens is 1. The molecule has 8 nitrogen and oxygen atoms in total. The standard InChI is InChI=1S/C21H19FN6O2/c1-12-8-13(6-7-23-12)20-15-11-24-19(9-17(15)27-28-20)26-21(29)25-10-14-16(22)4-3-5-18(14)30-2/h3-9,11H,10H2,1-2H3,(H,27,28)(H2,24,25,26,29). The molecule has 0 atom stereocenters. The number of halogens is 1. The van der Waals surface area contributed by atoms with Crippen LogP contribution in [0.15, 0.2) is 48.8 Å². The SMILES string of the molecule is COc1cccc(F)c1CNC(=O)Nc1cc2[nH]nc(-c3ccnc(C)c3)c2cn1. The van der Waals surface area contributed by atoms with Gasteiger partial charge in [-0.05, 0) is 31.2 Å². The summed E-state index contributed by atoms with van der Waals surface area (Å²) in [5, 5.41) is 13.4. The maximum absolute atomic E-state index is 14.0. The number of aryl methyl sites for hydroxylation is 1. The largest absolute Gasteiger partial charge is 0.496 e. The minimum atomic E-state index is -0.517. The number of anilines is 1. The van der Waals surface area contributed by atoms with Gasteiger partial charge in [0.1, 0.15) is 23.1 Å². The number of aromatic amines is 1. The minimum Gasteiger partial charge on any atom is -0.496 e. The number of ether oxygens (including phenoxy) is 1. The molecule has 0 saturated carbocycles. The second-order valence-electron chi connectivity index (χ2n) is 6.60. The lowest BCUT2D eigenvalue weighted by Crippen LogP contribution is -2.29. The monoisotopic (exact) mass is 406 g/mol. The number of fused-ring (bicyclic) bond motifs is 1. The van der Waals surface area contributed by atoms with Crippen LogP contribution in [-0.2, 0) is 6.54 Å². The van der Waals surface area contributed by atoms with Crippen molar-refractivity contribution < 1.29 is 13.9 Å². The number of aromatic nitrogens is 4. The fourth-order valence-electron chi connectivity index (χ4n) is 3.13. The Morgan fingerprint density at radius 3 is 2.90 bits per heavy atom. The number of nitrogens with one attached hydrogen (secondary N) is 3. The second-order valence-corrected chi connectivity index (χ2v) is 6.60. The summed E-state index contributed by atoms with van der Waals surface area (Å²) >= 11 is 0. The molecule has 152 valence electrons. The third-order valence-electron chi connectivity index (χ3n) is 4.58. The summed E-state index contributed by atoms with van der Waals surface area (Å²) in [6, 6.07) is 9.47. The molecule has 30 heavy (non-hydrogen) atoms. The number of nitrogens with zero attached hydrogens (tertiary/aromatic N) is 3. The number of hydrogen-bond acceptors (Lipinski definition) is 5. The molecule has 3 N–H and O–H groups in total. The first-order chi connectivity index (χ1) is 14.5. The number of methoxy groups -OCH3 is 1. The summed E-state index contributed by atoms with van der Waals surface area (Å²) < 4.78 is 19.1. The topological polar surface area (TPSA) is 105 Å². The van der Waals surface area contributed by atoms with Gasteiger partial charge in [0.2, 0.25) is 0 Å². The number of urea groups is 1. The second kappa shape index (κ2) is 8.16. The Kier molecular flexibility index (Phi) is 5.25. The molecule has 0 spiro atoms. The highest BCUT2D eigenvalue weighted by atomic mass is 19.1. The van der Waals surface area contributed by atoms with E-state index in [2.05, 4.69) is 30.8 Å². The molecule has 1 aromatic carbocycles. The van der Waals surface area contributed by atoms with Gasteiger partial charge in [-0.1, -0.05) is 6.07 Å². The summed E-state index contributed by atoms with van der Waals surface area (Å²) in [6.07, 6.45) is 3.36. The van der Waals surface area contributed by atoms with Crippen LogP contribution in [0.1, 0.15) is 11.3 Å². The first-order valence-corrected chi connectivity index (χ1v) is 9.18. The van der Waals surface area contributed by atoms with Crippen LogP contribution in [0.25, 0.3) is 22.2 Å². The fourth-order valence-corrected chi connectivity index (χ4v) is 3.13. The molecule has 0 aliphatic rings. The van der Waals surface area contributed by atoms with E-state index < -0.39 is 11.8 Å². The summed E-state index contributed by atoms with van der Waals surface area (Å²) in [5.41, 5.74) is 3.56. The van der Waals surface area contributed by atoms with Gasteiger partial charge in [-0.3, -0.25) is 15.4 Å². The Balaban J connectivity index is 1.48. The first-order valence-electron chi connectivity index (χ1n) is 9.18. The van der Waals surface area contributed by atoms with E-state index in [1.165, 1.54) is 13.2 Å². The lowest BCUT2D eigenvalue weighted by atomic mass is 10.1. The van der Waals surface area contributed by atoms with E-state index in [0.29, 0.717) is 11.6 Å². The van der Waals surface area contributed by atoms with Crippen molar-refractivity contribution in [1.82, 2.24) is 25.5 Å². The molecule has 4 rings (SSSR count). The number of rotatable bonds is 5. The van der Waals surface area contributed by atoms with Crippen LogP contribution in [0.2, 0.25) is 0 Å². The maximum Gasteiger partial charge on any atom is 0.320 e. The number of carbonyl (C=O) groups is 1. The van der Waals surface area contributed by atoms with Gasteiger partial charge in [0.05, 0.1) is 19.2 Å². The quantitative estimate of drug-likeness (QED) is 0.468. The molecule has 0 radical (unpaired) electrons. The number of carbonyl (C=O) groups excluding carboxylic acids is 1. The summed E-state index contributed by atoms with van der Waals surface area (Å²) in [5.74, 6) is 0.248. The van der Waals surface area contributed by atoms with Crippen molar-refractivity contribution in [2.45, 2.75) is 13.5 Å². The van der Waals surface area contributed by atoms with E-state index in [4.69, 9.17) is 4.74 Å². The molecular weight excluding hydrogens is 387 g/mol. The van der Waals surface area contributed by atoms with Gasteiger partial charge in [0.25, 0.3) is 0 Å². The van der Waals surface area contributed by atoms with Crippen molar-refractivity contribution in [3.8, 4) is 17.0 Å². The smallest absolute Gasteiger partial charge is 0.320 e. The number of hydrogen-bond donors (Lipinski definition) is 3. The Morgan fingerprint density at radius 1 is 1.23 bits per heavy atom. The molecule has 2 amide bonds. The predicted octanol–water partition coefficient (Wildman–Crippen LogP) is 3.80. The molecule has 3 aromatic heterocycles. The van der Waals surface area contributed by atoms with E-state index in [9.17, 15) is 9.18 Å². The van der Waals surface area contributed by atoms with Crippen molar-refractivity contribution >= 4 is 22.8 Å². The van der Waals surface area contributed by atoms with Crippen LogP contribution in [0.5, 0.6) is 5.75 Å². The van der Waals surface area contributed by atoms with E-state index >= 15 is 0 Å². The third kappa shape index (κ3) is 3.90. The van der Waals surface area contributed by atoms with Crippen LogP contribution in [0, 0.1) is 12.7 Å². The highest BCUT2D eigenvalue weighted by molar-refractivity contribution is 5.95. The van der Waals surface area contributed by atoms with Crippen molar-refractivity contribution in [2.75, 3.05) is 12.4 Å². The van der Waals surface area contributed by atoms with E-state index in [-0.39, 0.29) is 12.1 Å². The molecule has 4 aromatic rings. The van der Waals surface area contributed by atoms with Crippen LogP contribution < -0.4 is 15.4 Å². The summed E-state index contributed by atoms with van der Waals surface area (Å²) in [4.78, 5) is 20.7. The zero-order chi connectivity index (χ0) is 21.1. The lowest BCUT2D eigenvalue weighted by molar-refractivity contribution is 0.251. The molecule has 0 aliphatic carbocycles. The van der Waals surface area contributed by atoms with Gasteiger partial charge in [-0.2, -0.15) is 5.10 Å². The van der Waals surface area contributed by atoms with Gasteiger partial charge >= 0.3 is 6.03 Å². The average Bonchev–Trinajstić information content (AvgIpc) is 3.16. The average molecular weight is 406 g/mol. The highest BCUT2D eigenvalue weighted by Crippen LogP contribution is 2.27. The normalized spacial score (nSPS) is 10.8. The Morgan fingerprint density at radius 2 is 2.10 bits per heavy atom. The van der Waals surface area contributed by atoms with E-state index in [1.807, 2.05) is 19.1 Å². The highest BCUT2D eigenvalue weighted by Gasteiger charge is 2.13. The Hall–Kier alpha value is -4.01. The molecule has 0 saturated heterocycles. The zero-order valence-electron chi connectivity index (χ0n) is 16.4. The lowest BCUT2D eigenvalue weighted by Gasteiger charge is -2.11. The Bertz CT molecular complexity index is 1220.